The molecule has 1 rings (SSSR count). The molecule has 6 heteroatoms. The van der Waals surface area contributed by atoms with E-state index in [2.05, 4.69) is 4.99 Å². The molecule has 0 spiro atoms. The van der Waals surface area contributed by atoms with Crippen LogP contribution in [0.25, 0.3) is 0 Å². The Balaban J connectivity index is 2.93. The highest BCUT2D eigenvalue weighted by atomic mass is 19.1. The van der Waals surface area contributed by atoms with E-state index >= 15 is 0 Å². The molecule has 0 aliphatic rings. The predicted molar refractivity (Wildman–Crippen MR) is 51.3 cm³/mol. The zero-order valence-electron chi connectivity index (χ0n) is 8.05. The van der Waals surface area contributed by atoms with E-state index in [1.165, 1.54) is 12.1 Å². The number of phenolic OH excluding ortho intramolecular Hbond substituents is 1. The number of nitrogens with zero attached hydrogens (tertiary/aromatic N) is 1. The van der Waals surface area contributed by atoms with Crippen molar-refractivity contribution >= 4 is 12.0 Å². The summed E-state index contributed by atoms with van der Waals surface area (Å²) in [6.07, 6.45) is 0.855. The van der Waals surface area contributed by atoms with Crippen molar-refractivity contribution in [2.75, 3.05) is 0 Å². The van der Waals surface area contributed by atoms with Gasteiger partial charge in [-0.3, -0.25) is 0 Å². The van der Waals surface area contributed by atoms with Gasteiger partial charge < -0.3 is 10.2 Å². The Morgan fingerprint density at radius 1 is 1.56 bits per heavy atom. The average molecular weight is 225 g/mol. The summed E-state index contributed by atoms with van der Waals surface area (Å²) < 4.78 is 13.2. The fourth-order valence-corrected chi connectivity index (χ4v) is 1.16. The topological polar surface area (TPSA) is 87.0 Å². The van der Waals surface area contributed by atoms with Gasteiger partial charge in [-0.15, -0.1) is 0 Å². The van der Waals surface area contributed by atoms with Crippen LogP contribution in [-0.4, -0.2) is 28.3 Å². The lowest BCUT2D eigenvalue weighted by atomic mass is 10.1. The molecule has 0 amide bonds. The number of halogens is 1. The van der Waals surface area contributed by atoms with E-state index in [4.69, 9.17) is 10.2 Å². The summed E-state index contributed by atoms with van der Waals surface area (Å²) in [6.45, 7) is 0. The number of isocyanates is 1. The second kappa shape index (κ2) is 5.04. The highest BCUT2D eigenvalue weighted by molar-refractivity contribution is 5.75. The van der Waals surface area contributed by atoms with Gasteiger partial charge in [0, 0.05) is 12.5 Å². The maximum Gasteiger partial charge on any atom is 0.329 e. The highest BCUT2D eigenvalue weighted by Gasteiger charge is 2.18. The molecule has 0 radical (unpaired) electrons. The van der Waals surface area contributed by atoms with Crippen molar-refractivity contribution in [3.8, 4) is 5.75 Å². The SMILES string of the molecule is O=C=NC(Cc1ccc(O)cc1F)C(=O)O. The first kappa shape index (κ1) is 11.9. The summed E-state index contributed by atoms with van der Waals surface area (Å²) in [5, 5.41) is 17.6. The molecule has 0 aromatic heterocycles. The number of carbonyl (C=O) groups excluding carboxylic acids is 1. The van der Waals surface area contributed by atoms with Crippen LogP contribution in [0.15, 0.2) is 23.2 Å². The van der Waals surface area contributed by atoms with Gasteiger partial charge in [-0.2, -0.15) is 4.99 Å². The van der Waals surface area contributed by atoms with Crippen molar-refractivity contribution in [3.05, 3.63) is 29.6 Å². The van der Waals surface area contributed by atoms with Gasteiger partial charge in [-0.1, -0.05) is 6.07 Å². The highest BCUT2D eigenvalue weighted by Crippen LogP contribution is 2.17. The molecule has 1 aromatic rings. The van der Waals surface area contributed by atoms with E-state index in [1.807, 2.05) is 0 Å². The number of aliphatic carboxylic acids is 1. The molecule has 1 atom stereocenters. The second-order valence-electron chi connectivity index (χ2n) is 3.05. The van der Waals surface area contributed by atoms with E-state index in [-0.39, 0.29) is 17.7 Å². The molecule has 5 nitrogen and oxygen atoms in total. The van der Waals surface area contributed by atoms with Crippen molar-refractivity contribution in [2.24, 2.45) is 4.99 Å². The summed E-state index contributed by atoms with van der Waals surface area (Å²) in [5.74, 6) is -2.34. The summed E-state index contributed by atoms with van der Waals surface area (Å²) >= 11 is 0. The quantitative estimate of drug-likeness (QED) is 0.587. The van der Waals surface area contributed by atoms with Crippen LogP contribution >= 0.6 is 0 Å². The number of hydrogen-bond acceptors (Lipinski definition) is 4. The molecule has 0 saturated heterocycles. The minimum atomic E-state index is -1.36. The van der Waals surface area contributed by atoms with Crippen LogP contribution in [-0.2, 0) is 16.0 Å². The van der Waals surface area contributed by atoms with Crippen molar-refractivity contribution in [3.63, 3.8) is 0 Å². The van der Waals surface area contributed by atoms with Crippen LogP contribution in [0.5, 0.6) is 5.75 Å². The van der Waals surface area contributed by atoms with Crippen molar-refractivity contribution < 1.29 is 24.2 Å². The fourth-order valence-electron chi connectivity index (χ4n) is 1.16. The van der Waals surface area contributed by atoms with Gasteiger partial charge >= 0.3 is 5.97 Å². The van der Waals surface area contributed by atoms with Crippen molar-refractivity contribution in [2.45, 2.75) is 12.5 Å². The summed E-state index contributed by atoms with van der Waals surface area (Å²) in [7, 11) is 0. The van der Waals surface area contributed by atoms with Gasteiger partial charge in [-0.25, -0.2) is 14.0 Å². The molecule has 0 aliphatic carbocycles. The summed E-state index contributed by atoms with van der Waals surface area (Å²) in [6, 6.07) is 1.96. The lowest BCUT2D eigenvalue weighted by molar-refractivity contribution is -0.138. The number of aromatic hydroxyl groups is 1. The molecule has 0 bridgehead atoms. The van der Waals surface area contributed by atoms with Crippen LogP contribution in [0.4, 0.5) is 4.39 Å². The zero-order valence-corrected chi connectivity index (χ0v) is 8.05. The van der Waals surface area contributed by atoms with Crippen molar-refractivity contribution in [1.82, 2.24) is 0 Å². The van der Waals surface area contributed by atoms with E-state index in [0.717, 1.165) is 12.1 Å². The molecule has 0 fully saturated rings. The van der Waals surface area contributed by atoms with E-state index in [1.54, 1.807) is 0 Å². The van der Waals surface area contributed by atoms with Crippen LogP contribution in [0.3, 0.4) is 0 Å². The van der Waals surface area contributed by atoms with E-state index in [0.29, 0.717) is 0 Å². The van der Waals surface area contributed by atoms with Gasteiger partial charge in [-0.05, 0) is 11.6 Å². The molecular formula is C10H8FNO4. The molecule has 84 valence electrons. The number of carboxylic acids is 1. The Labute approximate surface area is 89.9 Å². The second-order valence-corrected chi connectivity index (χ2v) is 3.05. The smallest absolute Gasteiger partial charge is 0.329 e. The number of hydrogen-bond donors (Lipinski definition) is 2. The first-order valence-corrected chi connectivity index (χ1v) is 4.31. The van der Waals surface area contributed by atoms with Gasteiger partial charge in [0.2, 0.25) is 6.08 Å². The number of carboxylic acid groups (broad SMARTS) is 1. The molecule has 1 unspecified atom stereocenters. The first-order chi connectivity index (χ1) is 7.54. The minimum Gasteiger partial charge on any atom is -0.508 e. The van der Waals surface area contributed by atoms with Crippen LogP contribution in [0.1, 0.15) is 5.56 Å². The maximum absolute atomic E-state index is 13.2. The van der Waals surface area contributed by atoms with Crippen LogP contribution < -0.4 is 0 Å². The average Bonchev–Trinajstić information content (AvgIpc) is 2.20. The van der Waals surface area contributed by atoms with Gasteiger partial charge in [0.1, 0.15) is 11.6 Å². The minimum absolute atomic E-state index is 0.0594. The Hall–Kier alpha value is -2.20. The Morgan fingerprint density at radius 2 is 2.25 bits per heavy atom. The van der Waals surface area contributed by atoms with Gasteiger partial charge in [0.15, 0.2) is 6.04 Å². The Bertz CT molecular complexity index is 452. The number of rotatable bonds is 4. The third kappa shape index (κ3) is 2.90. The normalized spacial score (nSPS) is 11.6. The monoisotopic (exact) mass is 225 g/mol. The van der Waals surface area contributed by atoms with Crippen LogP contribution in [0.2, 0.25) is 0 Å². The number of carbonyl (C=O) groups is 1. The number of benzene rings is 1. The lowest BCUT2D eigenvalue weighted by Crippen LogP contribution is -2.20. The summed E-state index contributed by atoms with van der Waals surface area (Å²) in [5.41, 5.74) is 0.0594. The number of aliphatic imine (C=N–C) groups is 1. The van der Waals surface area contributed by atoms with E-state index in [9.17, 15) is 14.0 Å². The molecule has 2 N–H and O–H groups in total. The lowest BCUT2D eigenvalue weighted by Gasteiger charge is -2.06. The first-order valence-electron chi connectivity index (χ1n) is 4.31. The fraction of sp³-hybridized carbons (Fsp3) is 0.200. The summed E-state index contributed by atoms with van der Waals surface area (Å²) in [4.78, 5) is 23.6. The third-order valence-electron chi connectivity index (χ3n) is 1.94. The Kier molecular flexibility index (Phi) is 3.74. The third-order valence-corrected chi connectivity index (χ3v) is 1.94. The van der Waals surface area contributed by atoms with Crippen LogP contribution in [0, 0.1) is 5.82 Å². The standard InChI is InChI=1S/C10H8FNO4/c11-8-4-7(14)2-1-6(8)3-9(10(15)16)12-5-13/h1-2,4,9,14H,3H2,(H,15,16). The molecule has 0 aliphatic heterocycles. The molecule has 0 heterocycles. The number of phenols is 1. The molecule has 16 heavy (non-hydrogen) atoms. The Morgan fingerprint density at radius 3 is 2.75 bits per heavy atom. The van der Waals surface area contributed by atoms with E-state index < -0.39 is 17.8 Å². The predicted octanol–water partition coefficient (Wildman–Crippen LogP) is 0.863. The van der Waals surface area contributed by atoms with Crippen molar-refractivity contribution in [1.29, 1.82) is 0 Å². The molecule has 0 saturated carbocycles. The van der Waals surface area contributed by atoms with Gasteiger partial charge in [0.05, 0.1) is 0 Å². The zero-order chi connectivity index (χ0) is 12.1. The largest absolute Gasteiger partial charge is 0.508 e. The molecular weight excluding hydrogens is 217 g/mol. The molecule has 1 aromatic carbocycles. The van der Waals surface area contributed by atoms with Gasteiger partial charge in [0.25, 0.3) is 0 Å². The maximum atomic E-state index is 13.2.